The summed E-state index contributed by atoms with van der Waals surface area (Å²) in [5, 5.41) is 7.42. The highest BCUT2D eigenvalue weighted by atomic mass is 32.1. The van der Waals surface area contributed by atoms with E-state index < -0.39 is 0 Å². The molecule has 0 saturated carbocycles. The molecule has 0 bridgehead atoms. The Bertz CT molecular complexity index is 557. The third-order valence-corrected chi connectivity index (χ3v) is 4.69. The fraction of sp³-hybridized carbons (Fsp3) is 0.467. The topological polar surface area (TPSA) is 54.0 Å². The molecule has 1 aromatic carbocycles. The summed E-state index contributed by atoms with van der Waals surface area (Å²) in [7, 11) is 0. The van der Waals surface area contributed by atoms with Gasteiger partial charge < -0.3 is 10.6 Å². The average Bonchev–Trinajstić information content (AvgIpc) is 3.07. The van der Waals surface area contributed by atoms with E-state index in [1.165, 1.54) is 11.1 Å². The molecule has 1 aromatic heterocycles. The van der Waals surface area contributed by atoms with Gasteiger partial charge in [-0.1, -0.05) is 12.1 Å². The van der Waals surface area contributed by atoms with Gasteiger partial charge >= 0.3 is 0 Å². The van der Waals surface area contributed by atoms with Crippen molar-refractivity contribution in [3.05, 3.63) is 29.3 Å². The fourth-order valence-corrected chi connectivity index (χ4v) is 3.53. The molecule has 1 aliphatic heterocycles. The molecule has 5 heteroatoms. The molecule has 1 unspecified atom stereocenters. The van der Waals surface area contributed by atoms with Crippen LogP contribution in [0.2, 0.25) is 0 Å². The molecule has 1 aliphatic rings. The molecule has 20 heavy (non-hydrogen) atoms. The Labute approximate surface area is 122 Å². The van der Waals surface area contributed by atoms with Crippen molar-refractivity contribution in [2.24, 2.45) is 0 Å². The van der Waals surface area contributed by atoms with Gasteiger partial charge in [0.05, 0.1) is 15.2 Å². The van der Waals surface area contributed by atoms with E-state index in [9.17, 15) is 4.79 Å². The molecule has 3 rings (SSSR count). The first-order valence-electron chi connectivity index (χ1n) is 7.16. The van der Waals surface area contributed by atoms with E-state index in [1.54, 1.807) is 11.3 Å². The number of fused-ring (bicyclic) bond motifs is 1. The molecular weight excluding hydrogens is 270 g/mol. The Hall–Kier alpha value is -1.46. The molecule has 2 heterocycles. The molecule has 106 valence electrons. The Morgan fingerprint density at radius 3 is 3.15 bits per heavy atom. The number of thiazole rings is 1. The highest BCUT2D eigenvalue weighted by Crippen LogP contribution is 2.21. The van der Waals surface area contributed by atoms with Gasteiger partial charge in [-0.3, -0.25) is 4.79 Å². The molecule has 0 radical (unpaired) electrons. The van der Waals surface area contributed by atoms with Crippen LogP contribution in [-0.2, 0) is 11.2 Å². The molecule has 1 saturated heterocycles. The second kappa shape index (κ2) is 6.33. The van der Waals surface area contributed by atoms with Gasteiger partial charge in [-0.25, -0.2) is 4.98 Å². The quantitative estimate of drug-likeness (QED) is 0.886. The standard InChI is InChI=1S/C15H19N3OS/c19-14(10-11-4-3-8-16-11)17-9-7-15-18-12-5-1-2-6-13(12)20-15/h1-2,5-6,11,16H,3-4,7-10H2,(H,17,19). The Morgan fingerprint density at radius 1 is 1.45 bits per heavy atom. The van der Waals surface area contributed by atoms with Crippen molar-refractivity contribution < 1.29 is 4.79 Å². The zero-order valence-corrected chi connectivity index (χ0v) is 12.2. The maximum Gasteiger partial charge on any atom is 0.221 e. The number of nitrogens with zero attached hydrogens (tertiary/aromatic N) is 1. The first kappa shape index (κ1) is 13.5. The molecule has 4 nitrogen and oxygen atoms in total. The van der Waals surface area contributed by atoms with Gasteiger partial charge in [0.2, 0.25) is 5.91 Å². The van der Waals surface area contributed by atoms with Crippen LogP contribution in [0.15, 0.2) is 24.3 Å². The van der Waals surface area contributed by atoms with Crippen molar-refractivity contribution in [2.75, 3.05) is 13.1 Å². The lowest BCUT2D eigenvalue weighted by Gasteiger charge is -2.09. The maximum absolute atomic E-state index is 11.8. The third kappa shape index (κ3) is 3.35. The first-order chi connectivity index (χ1) is 9.81. The minimum atomic E-state index is 0.144. The van der Waals surface area contributed by atoms with Gasteiger partial charge in [-0.2, -0.15) is 0 Å². The SMILES string of the molecule is O=C(CC1CCCN1)NCCc1nc2ccccc2s1. The molecule has 1 atom stereocenters. The number of benzene rings is 1. The van der Waals surface area contributed by atoms with Gasteiger partial charge in [-0.05, 0) is 31.5 Å². The van der Waals surface area contributed by atoms with Gasteiger partial charge in [0, 0.05) is 25.4 Å². The second-order valence-corrected chi connectivity index (χ2v) is 6.29. The molecule has 0 spiro atoms. The number of aromatic nitrogens is 1. The molecular formula is C15H19N3OS. The van der Waals surface area contributed by atoms with Gasteiger partial charge in [0.15, 0.2) is 0 Å². The summed E-state index contributed by atoms with van der Waals surface area (Å²) >= 11 is 1.71. The number of hydrogen-bond donors (Lipinski definition) is 2. The van der Waals surface area contributed by atoms with Crippen LogP contribution in [0, 0.1) is 0 Å². The summed E-state index contributed by atoms with van der Waals surface area (Å²) < 4.78 is 1.21. The number of rotatable bonds is 5. The van der Waals surface area contributed by atoms with Crippen LogP contribution in [0.4, 0.5) is 0 Å². The summed E-state index contributed by atoms with van der Waals surface area (Å²) in [6, 6.07) is 8.51. The van der Waals surface area contributed by atoms with Gasteiger partial charge in [0.25, 0.3) is 0 Å². The van der Waals surface area contributed by atoms with Crippen molar-refractivity contribution in [1.29, 1.82) is 0 Å². The van der Waals surface area contributed by atoms with Crippen molar-refractivity contribution in [3.8, 4) is 0 Å². The fourth-order valence-electron chi connectivity index (χ4n) is 2.56. The van der Waals surface area contributed by atoms with Crippen LogP contribution in [0.25, 0.3) is 10.2 Å². The van der Waals surface area contributed by atoms with E-state index in [0.29, 0.717) is 19.0 Å². The van der Waals surface area contributed by atoms with Crippen molar-refractivity contribution in [2.45, 2.75) is 31.7 Å². The first-order valence-corrected chi connectivity index (χ1v) is 7.97. The van der Waals surface area contributed by atoms with Crippen molar-refractivity contribution in [3.63, 3.8) is 0 Å². The summed E-state index contributed by atoms with van der Waals surface area (Å²) in [5.74, 6) is 0.144. The van der Waals surface area contributed by atoms with E-state index in [2.05, 4.69) is 21.7 Å². The number of hydrogen-bond acceptors (Lipinski definition) is 4. The highest BCUT2D eigenvalue weighted by Gasteiger charge is 2.17. The highest BCUT2D eigenvalue weighted by molar-refractivity contribution is 7.18. The van der Waals surface area contributed by atoms with Crippen LogP contribution in [0.5, 0.6) is 0 Å². The van der Waals surface area contributed by atoms with Gasteiger partial charge in [0.1, 0.15) is 0 Å². The average molecular weight is 289 g/mol. The van der Waals surface area contributed by atoms with E-state index >= 15 is 0 Å². The van der Waals surface area contributed by atoms with Gasteiger partial charge in [-0.15, -0.1) is 11.3 Å². The lowest BCUT2D eigenvalue weighted by atomic mass is 10.1. The zero-order chi connectivity index (χ0) is 13.8. The Kier molecular flexibility index (Phi) is 4.28. The Balaban J connectivity index is 1.45. The summed E-state index contributed by atoms with van der Waals surface area (Å²) in [6.07, 6.45) is 3.71. The smallest absolute Gasteiger partial charge is 0.221 e. The van der Waals surface area contributed by atoms with Crippen molar-refractivity contribution >= 4 is 27.5 Å². The third-order valence-electron chi connectivity index (χ3n) is 3.59. The summed E-state index contributed by atoms with van der Waals surface area (Å²) in [4.78, 5) is 16.4. The maximum atomic E-state index is 11.8. The summed E-state index contributed by atoms with van der Waals surface area (Å²) in [5.41, 5.74) is 1.05. The predicted octanol–water partition coefficient (Wildman–Crippen LogP) is 2.10. The minimum Gasteiger partial charge on any atom is -0.356 e. The minimum absolute atomic E-state index is 0.144. The van der Waals surface area contributed by atoms with Crippen LogP contribution < -0.4 is 10.6 Å². The largest absolute Gasteiger partial charge is 0.356 e. The van der Waals surface area contributed by atoms with Crippen LogP contribution in [0.3, 0.4) is 0 Å². The summed E-state index contributed by atoms with van der Waals surface area (Å²) in [6.45, 7) is 1.72. The molecule has 1 fully saturated rings. The number of nitrogens with one attached hydrogen (secondary N) is 2. The lowest BCUT2D eigenvalue weighted by molar-refractivity contribution is -0.121. The molecule has 2 aromatic rings. The lowest BCUT2D eigenvalue weighted by Crippen LogP contribution is -2.32. The van der Waals surface area contributed by atoms with Crippen LogP contribution in [-0.4, -0.2) is 30.0 Å². The predicted molar refractivity (Wildman–Crippen MR) is 82.0 cm³/mol. The van der Waals surface area contributed by atoms with E-state index in [0.717, 1.165) is 29.9 Å². The Morgan fingerprint density at radius 2 is 2.35 bits per heavy atom. The number of carbonyl (C=O) groups is 1. The number of carbonyl (C=O) groups excluding carboxylic acids is 1. The molecule has 2 N–H and O–H groups in total. The molecule has 0 aliphatic carbocycles. The van der Waals surface area contributed by atoms with E-state index in [1.807, 2.05) is 18.2 Å². The van der Waals surface area contributed by atoms with E-state index in [4.69, 9.17) is 0 Å². The zero-order valence-electron chi connectivity index (χ0n) is 11.4. The van der Waals surface area contributed by atoms with E-state index in [-0.39, 0.29) is 5.91 Å². The number of amides is 1. The van der Waals surface area contributed by atoms with Crippen LogP contribution in [0.1, 0.15) is 24.3 Å². The second-order valence-electron chi connectivity index (χ2n) is 5.17. The number of para-hydroxylation sites is 1. The monoisotopic (exact) mass is 289 g/mol. The van der Waals surface area contributed by atoms with Crippen molar-refractivity contribution in [1.82, 2.24) is 15.6 Å². The van der Waals surface area contributed by atoms with Crippen LogP contribution >= 0.6 is 11.3 Å². The normalized spacial score (nSPS) is 18.5. The molecule has 1 amide bonds.